The van der Waals surface area contributed by atoms with Crippen LogP contribution in [0.5, 0.6) is 0 Å². The van der Waals surface area contributed by atoms with E-state index in [0.29, 0.717) is 37.6 Å². The summed E-state index contributed by atoms with van der Waals surface area (Å²) in [5.41, 5.74) is 6.16. The van der Waals surface area contributed by atoms with Crippen molar-refractivity contribution in [2.24, 2.45) is 5.73 Å². The fourth-order valence-corrected chi connectivity index (χ4v) is 1.69. The lowest BCUT2D eigenvalue weighted by molar-refractivity contribution is 0.190. The Kier molecular flexibility index (Phi) is 6.24. The largest absolute Gasteiger partial charge is 0.384 e. The summed E-state index contributed by atoms with van der Waals surface area (Å²) in [5, 5.41) is 7.29. The van der Waals surface area contributed by atoms with E-state index < -0.39 is 5.82 Å². The van der Waals surface area contributed by atoms with Crippen molar-refractivity contribution < 1.29 is 13.9 Å². The Hall–Kier alpha value is -1.66. The highest BCUT2D eigenvalue weighted by molar-refractivity contribution is 5.95. The van der Waals surface area contributed by atoms with E-state index in [1.807, 2.05) is 4.90 Å². The van der Waals surface area contributed by atoms with Crippen LogP contribution in [0.1, 0.15) is 5.56 Å². The molecule has 0 aliphatic rings. The van der Waals surface area contributed by atoms with Gasteiger partial charge in [0.15, 0.2) is 0 Å². The fraction of sp³-hybridized carbons (Fsp3) is 0.462. The summed E-state index contributed by atoms with van der Waals surface area (Å²) in [6, 6.07) is 4.52. The average molecular weight is 269 g/mol. The van der Waals surface area contributed by atoms with E-state index in [9.17, 15) is 4.39 Å². The summed E-state index contributed by atoms with van der Waals surface area (Å²) in [6.07, 6.45) is 0. The van der Waals surface area contributed by atoms with Gasteiger partial charge < -0.3 is 20.1 Å². The molecule has 0 bridgehead atoms. The number of amidine groups is 1. The van der Waals surface area contributed by atoms with E-state index in [2.05, 4.69) is 0 Å². The van der Waals surface area contributed by atoms with E-state index in [1.54, 1.807) is 26.4 Å². The quantitative estimate of drug-likeness (QED) is 0.549. The van der Waals surface area contributed by atoms with Crippen LogP contribution in [0.15, 0.2) is 18.2 Å². The lowest BCUT2D eigenvalue weighted by Gasteiger charge is -2.24. The van der Waals surface area contributed by atoms with Crippen molar-refractivity contribution in [2.75, 3.05) is 45.4 Å². The number of nitrogens with two attached hydrogens (primary N) is 1. The fourth-order valence-electron chi connectivity index (χ4n) is 1.69. The summed E-state index contributed by atoms with van der Waals surface area (Å²) in [7, 11) is 3.20. The number of methoxy groups -OCH3 is 2. The monoisotopic (exact) mass is 269 g/mol. The number of nitrogens with zero attached hydrogens (tertiary/aromatic N) is 1. The number of nitrogen functional groups attached to an aromatic ring is 1. The number of hydrogen-bond acceptors (Lipinski definition) is 4. The predicted molar refractivity (Wildman–Crippen MR) is 73.4 cm³/mol. The molecule has 1 aromatic carbocycles. The molecule has 1 rings (SSSR count). The first-order valence-electron chi connectivity index (χ1n) is 5.97. The van der Waals surface area contributed by atoms with Crippen molar-refractivity contribution in [3.63, 3.8) is 0 Å². The molecule has 0 amide bonds. The molecule has 0 spiro atoms. The molecule has 0 heterocycles. The van der Waals surface area contributed by atoms with Crippen LogP contribution in [0.3, 0.4) is 0 Å². The summed E-state index contributed by atoms with van der Waals surface area (Å²) >= 11 is 0. The second-order valence-electron chi connectivity index (χ2n) is 4.05. The first kappa shape index (κ1) is 15.4. The van der Waals surface area contributed by atoms with Gasteiger partial charge in [0.2, 0.25) is 0 Å². The Balaban J connectivity index is 2.90. The predicted octanol–water partition coefficient (Wildman–Crippen LogP) is 1.21. The van der Waals surface area contributed by atoms with Gasteiger partial charge in [0.25, 0.3) is 0 Å². The summed E-state index contributed by atoms with van der Waals surface area (Å²) < 4.78 is 24.1. The van der Waals surface area contributed by atoms with Crippen molar-refractivity contribution in [2.45, 2.75) is 0 Å². The third-order valence-corrected chi connectivity index (χ3v) is 2.73. The van der Waals surface area contributed by atoms with Crippen LogP contribution < -0.4 is 10.6 Å². The maximum absolute atomic E-state index is 14.0. The molecule has 0 radical (unpaired) electrons. The van der Waals surface area contributed by atoms with E-state index >= 15 is 0 Å². The van der Waals surface area contributed by atoms with Gasteiger partial charge in [-0.1, -0.05) is 0 Å². The molecule has 5 nitrogen and oxygen atoms in total. The number of rotatable bonds is 8. The van der Waals surface area contributed by atoms with Gasteiger partial charge in [-0.15, -0.1) is 0 Å². The van der Waals surface area contributed by atoms with Crippen molar-refractivity contribution in [3.8, 4) is 0 Å². The van der Waals surface area contributed by atoms with Gasteiger partial charge in [-0.25, -0.2) is 4.39 Å². The molecule has 6 heteroatoms. The number of anilines is 1. The zero-order valence-electron chi connectivity index (χ0n) is 11.3. The first-order valence-corrected chi connectivity index (χ1v) is 5.97. The molecule has 0 fully saturated rings. The molecule has 0 unspecified atom stereocenters. The second kappa shape index (κ2) is 7.70. The topological polar surface area (TPSA) is 71.6 Å². The standard InChI is InChI=1S/C13H20FN3O2/c1-18-7-5-17(6-8-19-2)12-4-3-10(13(15)16)9-11(12)14/h3-4,9H,5-8H2,1-2H3,(H3,15,16). The Bertz CT molecular complexity index is 418. The molecule has 0 aliphatic heterocycles. The summed E-state index contributed by atoms with van der Waals surface area (Å²) in [5.74, 6) is -0.550. The molecule has 1 aromatic rings. The zero-order valence-corrected chi connectivity index (χ0v) is 11.3. The minimum absolute atomic E-state index is 0.147. The minimum Gasteiger partial charge on any atom is -0.384 e. The van der Waals surface area contributed by atoms with Gasteiger partial charge in [-0.2, -0.15) is 0 Å². The average Bonchev–Trinajstić information content (AvgIpc) is 2.39. The first-order chi connectivity index (χ1) is 9.10. The third kappa shape index (κ3) is 4.50. The highest BCUT2D eigenvalue weighted by atomic mass is 19.1. The van der Waals surface area contributed by atoms with E-state index in [1.165, 1.54) is 6.07 Å². The van der Waals surface area contributed by atoms with Crippen LogP contribution >= 0.6 is 0 Å². The van der Waals surface area contributed by atoms with Gasteiger partial charge in [-0.3, -0.25) is 5.41 Å². The molecule has 0 atom stereocenters. The molecule has 0 saturated carbocycles. The number of ether oxygens (including phenoxy) is 2. The molecule has 106 valence electrons. The van der Waals surface area contributed by atoms with E-state index in [-0.39, 0.29) is 5.84 Å². The minimum atomic E-state index is -0.403. The summed E-state index contributed by atoms with van der Waals surface area (Å²) in [4.78, 5) is 1.84. The van der Waals surface area contributed by atoms with Gasteiger partial charge in [-0.05, 0) is 18.2 Å². The smallest absolute Gasteiger partial charge is 0.147 e. The maximum atomic E-state index is 14.0. The second-order valence-corrected chi connectivity index (χ2v) is 4.05. The van der Waals surface area contributed by atoms with Gasteiger partial charge in [0, 0.05) is 32.9 Å². The molecular formula is C13H20FN3O2. The van der Waals surface area contributed by atoms with Crippen LogP contribution in [0.2, 0.25) is 0 Å². The number of benzene rings is 1. The lowest BCUT2D eigenvalue weighted by Crippen LogP contribution is -2.31. The van der Waals surface area contributed by atoms with Gasteiger partial charge in [0.05, 0.1) is 18.9 Å². The van der Waals surface area contributed by atoms with Crippen molar-refractivity contribution >= 4 is 11.5 Å². The molecule has 0 aromatic heterocycles. The molecule has 3 N–H and O–H groups in total. The SMILES string of the molecule is COCCN(CCOC)c1ccc(C(=N)N)cc1F. The van der Waals surface area contributed by atoms with Crippen molar-refractivity contribution in [3.05, 3.63) is 29.6 Å². The highest BCUT2D eigenvalue weighted by Crippen LogP contribution is 2.20. The Morgan fingerprint density at radius 3 is 2.26 bits per heavy atom. The Morgan fingerprint density at radius 2 is 1.84 bits per heavy atom. The van der Waals surface area contributed by atoms with Crippen LogP contribution in [0, 0.1) is 11.2 Å². The Morgan fingerprint density at radius 1 is 1.26 bits per heavy atom. The van der Waals surface area contributed by atoms with Gasteiger partial charge in [0.1, 0.15) is 11.7 Å². The summed E-state index contributed by atoms with van der Waals surface area (Å²) in [6.45, 7) is 2.13. The van der Waals surface area contributed by atoms with Crippen LogP contribution in [0.4, 0.5) is 10.1 Å². The molecule has 19 heavy (non-hydrogen) atoms. The van der Waals surface area contributed by atoms with Gasteiger partial charge >= 0.3 is 0 Å². The maximum Gasteiger partial charge on any atom is 0.147 e. The zero-order chi connectivity index (χ0) is 14.3. The van der Waals surface area contributed by atoms with Crippen molar-refractivity contribution in [1.82, 2.24) is 0 Å². The number of hydrogen-bond donors (Lipinski definition) is 2. The Labute approximate surface area is 112 Å². The number of halogens is 1. The van der Waals surface area contributed by atoms with Crippen LogP contribution in [0.25, 0.3) is 0 Å². The van der Waals surface area contributed by atoms with E-state index in [0.717, 1.165) is 0 Å². The highest BCUT2D eigenvalue weighted by Gasteiger charge is 2.12. The third-order valence-electron chi connectivity index (χ3n) is 2.73. The van der Waals surface area contributed by atoms with Crippen molar-refractivity contribution in [1.29, 1.82) is 5.41 Å². The molecular weight excluding hydrogens is 249 g/mol. The van der Waals surface area contributed by atoms with Crippen LogP contribution in [-0.2, 0) is 9.47 Å². The number of nitrogens with one attached hydrogen (secondary N) is 1. The van der Waals surface area contributed by atoms with Crippen LogP contribution in [-0.4, -0.2) is 46.4 Å². The molecule has 0 saturated heterocycles. The van der Waals surface area contributed by atoms with E-state index in [4.69, 9.17) is 20.6 Å². The lowest BCUT2D eigenvalue weighted by atomic mass is 10.1. The molecule has 0 aliphatic carbocycles. The normalized spacial score (nSPS) is 10.5.